The lowest BCUT2D eigenvalue weighted by Crippen LogP contribution is -2.37. The SMILES string of the molecule is CC(C)(C)C[C@H]1O[C@@H](n2ccc(=O)[nH]c2=O)[C@@H]2OC(C)(C)O[C@@H]21. The molecular weight excluding hydrogens is 300 g/mol. The fourth-order valence-corrected chi connectivity index (χ4v) is 3.28. The zero-order valence-corrected chi connectivity index (χ0v) is 14.2. The smallest absolute Gasteiger partial charge is 0.330 e. The summed E-state index contributed by atoms with van der Waals surface area (Å²) in [5.74, 6) is -0.723. The molecule has 23 heavy (non-hydrogen) atoms. The summed E-state index contributed by atoms with van der Waals surface area (Å²) in [6, 6.07) is 1.30. The molecule has 3 rings (SSSR count). The van der Waals surface area contributed by atoms with Gasteiger partial charge in [-0.3, -0.25) is 14.3 Å². The minimum atomic E-state index is -0.723. The van der Waals surface area contributed by atoms with E-state index in [-0.39, 0.29) is 23.7 Å². The van der Waals surface area contributed by atoms with Crippen molar-refractivity contribution in [1.82, 2.24) is 9.55 Å². The summed E-state index contributed by atoms with van der Waals surface area (Å²) in [7, 11) is 0. The lowest BCUT2D eigenvalue weighted by atomic mass is 9.87. The number of nitrogens with one attached hydrogen (secondary N) is 1. The molecule has 2 aliphatic heterocycles. The van der Waals surface area contributed by atoms with E-state index >= 15 is 0 Å². The van der Waals surface area contributed by atoms with E-state index in [9.17, 15) is 9.59 Å². The maximum atomic E-state index is 12.1. The molecule has 0 aliphatic carbocycles. The Morgan fingerprint density at radius 3 is 2.48 bits per heavy atom. The van der Waals surface area contributed by atoms with E-state index in [1.165, 1.54) is 16.8 Å². The standard InChI is InChI=1S/C16H24N2O5/c1-15(2,3)8-9-11-12(23-16(4,5)22-11)13(21-9)18-7-6-10(19)17-14(18)20/h6-7,9,11-13H,8H2,1-5H3,(H,17,19,20)/t9-,11-,12-,13-/m1/s1. The number of hydrogen-bond acceptors (Lipinski definition) is 5. The molecule has 4 atom stereocenters. The normalized spacial score (nSPS) is 32.9. The van der Waals surface area contributed by atoms with Crippen LogP contribution in [-0.2, 0) is 14.2 Å². The van der Waals surface area contributed by atoms with E-state index in [0.717, 1.165) is 6.42 Å². The highest BCUT2D eigenvalue weighted by Gasteiger charge is 2.56. The van der Waals surface area contributed by atoms with Crippen LogP contribution in [0.25, 0.3) is 0 Å². The van der Waals surface area contributed by atoms with Gasteiger partial charge in [0, 0.05) is 12.3 Å². The van der Waals surface area contributed by atoms with Gasteiger partial charge in [0.15, 0.2) is 12.0 Å². The number of aromatic amines is 1. The highest BCUT2D eigenvalue weighted by atomic mass is 16.8. The Morgan fingerprint density at radius 2 is 1.87 bits per heavy atom. The molecule has 7 nitrogen and oxygen atoms in total. The first-order valence-corrected chi connectivity index (χ1v) is 7.88. The van der Waals surface area contributed by atoms with Gasteiger partial charge in [-0.15, -0.1) is 0 Å². The first-order chi connectivity index (χ1) is 10.6. The fraction of sp³-hybridized carbons (Fsp3) is 0.750. The van der Waals surface area contributed by atoms with Crippen LogP contribution in [0, 0.1) is 5.41 Å². The Balaban J connectivity index is 1.95. The summed E-state index contributed by atoms with van der Waals surface area (Å²) in [6.07, 6.45) is 0.803. The van der Waals surface area contributed by atoms with E-state index in [0.29, 0.717) is 0 Å². The van der Waals surface area contributed by atoms with Crippen molar-refractivity contribution in [3.63, 3.8) is 0 Å². The number of H-pyrrole nitrogens is 1. The van der Waals surface area contributed by atoms with Gasteiger partial charge in [0.2, 0.25) is 0 Å². The van der Waals surface area contributed by atoms with Gasteiger partial charge in [0.25, 0.3) is 5.56 Å². The fourth-order valence-electron chi connectivity index (χ4n) is 3.28. The third-order valence-corrected chi connectivity index (χ3v) is 4.06. The van der Waals surface area contributed by atoms with E-state index in [1.54, 1.807) is 0 Å². The second-order valence-corrected chi connectivity index (χ2v) is 7.91. The molecule has 0 radical (unpaired) electrons. The predicted octanol–water partition coefficient (Wildman–Crippen LogP) is 1.39. The molecule has 0 spiro atoms. The molecule has 1 aromatic rings. The topological polar surface area (TPSA) is 82.6 Å². The number of hydrogen-bond donors (Lipinski definition) is 1. The number of rotatable bonds is 2. The number of nitrogens with zero attached hydrogens (tertiary/aromatic N) is 1. The van der Waals surface area contributed by atoms with Crippen molar-refractivity contribution in [3.05, 3.63) is 33.1 Å². The minimum absolute atomic E-state index is 0.0517. The van der Waals surface area contributed by atoms with Crippen LogP contribution in [0.5, 0.6) is 0 Å². The number of ether oxygens (including phenoxy) is 3. The highest BCUT2D eigenvalue weighted by molar-refractivity contribution is 4.99. The predicted molar refractivity (Wildman–Crippen MR) is 83.1 cm³/mol. The van der Waals surface area contributed by atoms with Gasteiger partial charge in [-0.1, -0.05) is 20.8 Å². The summed E-state index contributed by atoms with van der Waals surface area (Å²) in [5.41, 5.74) is -0.891. The molecule has 0 bridgehead atoms. The molecule has 1 N–H and O–H groups in total. The molecule has 3 heterocycles. The quantitative estimate of drug-likeness (QED) is 0.889. The van der Waals surface area contributed by atoms with E-state index in [1.807, 2.05) is 13.8 Å². The summed E-state index contributed by atoms with van der Waals surface area (Å²) in [4.78, 5) is 25.6. The summed E-state index contributed by atoms with van der Waals surface area (Å²) in [5, 5.41) is 0. The lowest BCUT2D eigenvalue weighted by Gasteiger charge is -2.28. The average Bonchev–Trinajstić information content (AvgIpc) is 2.83. The van der Waals surface area contributed by atoms with Crippen molar-refractivity contribution in [1.29, 1.82) is 0 Å². The molecule has 2 aliphatic rings. The Labute approximate surface area is 134 Å². The van der Waals surface area contributed by atoms with Crippen molar-refractivity contribution >= 4 is 0 Å². The number of aromatic nitrogens is 2. The summed E-state index contributed by atoms with van der Waals surface area (Å²) >= 11 is 0. The van der Waals surface area contributed by atoms with Crippen LogP contribution in [0.1, 0.15) is 47.3 Å². The van der Waals surface area contributed by atoms with Crippen molar-refractivity contribution in [2.45, 2.75) is 71.4 Å². The zero-order valence-electron chi connectivity index (χ0n) is 14.2. The van der Waals surface area contributed by atoms with E-state index in [4.69, 9.17) is 14.2 Å². The highest BCUT2D eigenvalue weighted by Crippen LogP contribution is 2.45. The zero-order chi connectivity index (χ0) is 17.0. The van der Waals surface area contributed by atoms with Crippen molar-refractivity contribution in [3.8, 4) is 0 Å². The minimum Gasteiger partial charge on any atom is -0.349 e. The van der Waals surface area contributed by atoms with Crippen LogP contribution in [0.15, 0.2) is 21.9 Å². The van der Waals surface area contributed by atoms with Gasteiger partial charge in [0.1, 0.15) is 12.2 Å². The first kappa shape index (κ1) is 16.4. The Morgan fingerprint density at radius 1 is 1.22 bits per heavy atom. The molecule has 0 aromatic carbocycles. The molecule has 7 heteroatoms. The molecular formula is C16H24N2O5. The average molecular weight is 324 g/mol. The Hall–Kier alpha value is -1.44. The van der Waals surface area contributed by atoms with Gasteiger partial charge in [-0.05, 0) is 25.7 Å². The third-order valence-electron chi connectivity index (χ3n) is 4.06. The van der Waals surface area contributed by atoms with Crippen LogP contribution in [0.4, 0.5) is 0 Å². The molecule has 2 fully saturated rings. The van der Waals surface area contributed by atoms with Crippen LogP contribution in [0.3, 0.4) is 0 Å². The van der Waals surface area contributed by atoms with Crippen LogP contribution >= 0.6 is 0 Å². The number of fused-ring (bicyclic) bond motifs is 1. The molecule has 0 unspecified atom stereocenters. The molecule has 0 saturated carbocycles. The molecule has 1 aromatic heterocycles. The van der Waals surface area contributed by atoms with Gasteiger partial charge < -0.3 is 14.2 Å². The summed E-state index contributed by atoms with van der Waals surface area (Å²) < 4.78 is 19.4. The molecule has 2 saturated heterocycles. The van der Waals surface area contributed by atoms with Gasteiger partial charge >= 0.3 is 5.69 Å². The van der Waals surface area contributed by atoms with Crippen LogP contribution < -0.4 is 11.2 Å². The monoisotopic (exact) mass is 324 g/mol. The second-order valence-electron chi connectivity index (χ2n) is 7.91. The van der Waals surface area contributed by atoms with Crippen LogP contribution in [-0.4, -0.2) is 33.7 Å². The van der Waals surface area contributed by atoms with Gasteiger partial charge in [-0.2, -0.15) is 0 Å². The van der Waals surface area contributed by atoms with E-state index < -0.39 is 23.3 Å². The van der Waals surface area contributed by atoms with Gasteiger partial charge in [-0.25, -0.2) is 4.79 Å². The van der Waals surface area contributed by atoms with Gasteiger partial charge in [0.05, 0.1) is 6.10 Å². The summed E-state index contributed by atoms with van der Waals surface area (Å²) in [6.45, 7) is 10.1. The molecule has 128 valence electrons. The maximum absolute atomic E-state index is 12.1. The second kappa shape index (κ2) is 5.29. The Kier molecular flexibility index (Phi) is 3.78. The lowest BCUT2D eigenvalue weighted by molar-refractivity contribution is -0.200. The maximum Gasteiger partial charge on any atom is 0.330 e. The first-order valence-electron chi connectivity index (χ1n) is 7.88. The van der Waals surface area contributed by atoms with Crippen molar-refractivity contribution in [2.75, 3.05) is 0 Å². The molecule has 0 amide bonds. The van der Waals surface area contributed by atoms with Crippen molar-refractivity contribution in [2.24, 2.45) is 5.41 Å². The van der Waals surface area contributed by atoms with E-state index in [2.05, 4.69) is 25.8 Å². The third kappa shape index (κ3) is 3.27. The van der Waals surface area contributed by atoms with Crippen molar-refractivity contribution < 1.29 is 14.2 Å². The largest absolute Gasteiger partial charge is 0.349 e. The Bertz CT molecular complexity index is 699. The van der Waals surface area contributed by atoms with Crippen LogP contribution in [0.2, 0.25) is 0 Å².